The molecule has 1 aliphatic carbocycles. The average molecular weight is 339 g/mol. The van der Waals surface area contributed by atoms with Crippen LogP contribution in [0.15, 0.2) is 5.16 Å². The maximum Gasteiger partial charge on any atom is 1.00 e. The van der Waals surface area contributed by atoms with Gasteiger partial charge in [0.25, 0.3) is 0 Å². The van der Waals surface area contributed by atoms with Gasteiger partial charge in [-0.2, -0.15) is 0 Å². The molecule has 96 valence electrons. The van der Waals surface area contributed by atoms with E-state index in [2.05, 4.69) is 25.4 Å². The van der Waals surface area contributed by atoms with Crippen LogP contribution in [0.1, 0.15) is 44.9 Å². The van der Waals surface area contributed by atoms with E-state index in [-0.39, 0.29) is 63.8 Å². The van der Waals surface area contributed by atoms with Crippen molar-refractivity contribution in [2.45, 2.75) is 50.5 Å². The predicted octanol–water partition coefficient (Wildman–Crippen LogP) is -0.295. The van der Waals surface area contributed by atoms with E-state index in [4.69, 9.17) is 4.84 Å². The molecule has 0 amide bonds. The van der Waals surface area contributed by atoms with Crippen LogP contribution in [0.25, 0.3) is 0 Å². The Hall–Kier alpha value is 1.67. The summed E-state index contributed by atoms with van der Waals surface area (Å²) in [5.41, 5.74) is 0.0534. The average Bonchev–Trinajstić information content (AvgIpc) is 2.80. The quantitative estimate of drug-likeness (QED) is 0.485. The Morgan fingerprint density at radius 2 is 1.72 bits per heavy atom. The van der Waals surface area contributed by atoms with Crippen molar-refractivity contribution in [3.8, 4) is 0 Å². The van der Waals surface area contributed by atoms with Gasteiger partial charge in [-0.05, 0) is 50.4 Å². The van der Waals surface area contributed by atoms with Gasteiger partial charge in [-0.1, -0.05) is 9.39 Å². The van der Waals surface area contributed by atoms with Crippen LogP contribution in [0.3, 0.4) is 0 Å². The van der Waals surface area contributed by atoms with Crippen molar-refractivity contribution in [2.24, 2.45) is 17.0 Å². The van der Waals surface area contributed by atoms with Gasteiger partial charge in [-0.25, -0.2) is 0 Å². The molecule has 0 aromatic heterocycles. The van der Waals surface area contributed by atoms with Crippen molar-refractivity contribution in [1.82, 2.24) is 4.67 Å². The third kappa shape index (κ3) is 3.65. The second-order valence-electron chi connectivity index (χ2n) is 5.91. The van der Waals surface area contributed by atoms with Gasteiger partial charge < -0.3 is 16.2 Å². The van der Waals surface area contributed by atoms with Crippen molar-refractivity contribution in [3.05, 3.63) is 0 Å². The molecule has 3 nitrogen and oxygen atoms in total. The molecule has 18 heavy (non-hydrogen) atoms. The van der Waals surface area contributed by atoms with Crippen molar-refractivity contribution in [3.63, 3.8) is 0 Å². The fourth-order valence-electron chi connectivity index (χ4n) is 3.63. The van der Waals surface area contributed by atoms with Gasteiger partial charge in [0.05, 0.1) is 0 Å². The summed E-state index contributed by atoms with van der Waals surface area (Å²) >= 11 is 0. The molecule has 3 aliphatic rings. The van der Waals surface area contributed by atoms with Crippen molar-refractivity contribution >= 4 is 15.6 Å². The van der Waals surface area contributed by atoms with Crippen LogP contribution in [0.4, 0.5) is 0 Å². The molecule has 1 spiro atoms. The van der Waals surface area contributed by atoms with Crippen LogP contribution in [0.5, 0.6) is 0 Å². The minimum Gasteiger partial charge on any atom is -0.429 e. The van der Waals surface area contributed by atoms with Crippen LogP contribution in [-0.4, -0.2) is 29.6 Å². The van der Waals surface area contributed by atoms with Crippen LogP contribution in [0.2, 0.25) is 0 Å². The first-order chi connectivity index (χ1) is 8.27. The normalized spacial score (nSPS) is 37.5. The monoisotopic (exact) mass is 338 g/mol. The van der Waals surface area contributed by atoms with Crippen LogP contribution < -0.4 is 58.2 Å². The van der Waals surface area contributed by atoms with Gasteiger partial charge in [-0.15, -0.1) is 6.42 Å². The molecule has 5 heteroatoms. The summed E-state index contributed by atoms with van der Waals surface area (Å²) in [4.78, 5) is 5.54. The van der Waals surface area contributed by atoms with Crippen molar-refractivity contribution < 1.29 is 63.0 Å². The Kier molecular flexibility index (Phi) is 6.32. The fraction of sp³-hybridized carbons (Fsp3) is 0.923. The molecule has 3 rings (SSSR count). The zero-order valence-corrected chi connectivity index (χ0v) is 17.5. The molecule has 1 saturated carbocycles. The third-order valence-electron chi connectivity index (χ3n) is 4.89. The number of hydrogen-bond donors (Lipinski definition) is 0. The SMILES string of the molecule is PN1CCC(C2CCC3(C[C-]=NO3)CC2)CC1.[Rb+]. The molecule has 2 fully saturated rings. The molecule has 2 heterocycles. The first kappa shape index (κ1) is 16.0. The van der Waals surface area contributed by atoms with Gasteiger partial charge in [0.2, 0.25) is 0 Å². The van der Waals surface area contributed by atoms with E-state index in [1.54, 1.807) is 0 Å². The predicted molar refractivity (Wildman–Crippen MR) is 71.8 cm³/mol. The maximum absolute atomic E-state index is 5.54. The fourth-order valence-corrected chi connectivity index (χ4v) is 3.93. The molecule has 0 N–H and O–H groups in total. The van der Waals surface area contributed by atoms with E-state index in [9.17, 15) is 0 Å². The molecule has 1 unspecified atom stereocenters. The Bertz CT molecular complexity index is 287. The minimum absolute atomic E-state index is 0. The van der Waals surface area contributed by atoms with Crippen LogP contribution in [0, 0.1) is 11.8 Å². The summed E-state index contributed by atoms with van der Waals surface area (Å²) in [6, 6.07) is 0. The summed E-state index contributed by atoms with van der Waals surface area (Å²) in [7, 11) is 2.84. The standard InChI is InChI=1S/C13H22N2OP.Rb/c17-15-9-3-12(4-10-15)11-1-5-13(6-2-11)7-8-14-16-13;/h11-12H,1-7,9-10,17H2;/q-1;+1. The first-order valence-corrected chi connectivity index (χ1v) is 7.40. The van der Waals surface area contributed by atoms with Gasteiger partial charge in [0.15, 0.2) is 0 Å². The number of hydrogen-bond acceptors (Lipinski definition) is 3. The summed E-state index contributed by atoms with van der Waals surface area (Å²) in [5, 5.41) is 3.85. The van der Waals surface area contributed by atoms with E-state index in [1.165, 1.54) is 51.6 Å². The first-order valence-electron chi connectivity index (χ1n) is 6.88. The van der Waals surface area contributed by atoms with Crippen molar-refractivity contribution in [1.29, 1.82) is 0 Å². The maximum atomic E-state index is 5.54. The van der Waals surface area contributed by atoms with Gasteiger partial charge >= 0.3 is 58.2 Å². The molecular weight excluding hydrogens is 317 g/mol. The molecule has 0 radical (unpaired) electrons. The summed E-state index contributed by atoms with van der Waals surface area (Å²) < 4.78 is 2.38. The molecule has 0 aromatic carbocycles. The Morgan fingerprint density at radius 1 is 1.11 bits per heavy atom. The molecule has 1 atom stereocenters. The molecule has 0 aromatic rings. The van der Waals surface area contributed by atoms with E-state index >= 15 is 0 Å². The minimum atomic E-state index is 0. The number of nitrogens with zero attached hydrogens (tertiary/aromatic N) is 2. The van der Waals surface area contributed by atoms with Gasteiger partial charge in [0, 0.05) is 13.1 Å². The zero-order valence-electron chi connectivity index (χ0n) is 11.4. The number of rotatable bonds is 1. The Balaban J connectivity index is 0.00000120. The second kappa shape index (κ2) is 7.09. The third-order valence-corrected chi connectivity index (χ3v) is 5.40. The smallest absolute Gasteiger partial charge is 0.429 e. The number of piperidine rings is 1. The largest absolute Gasteiger partial charge is 1.00 e. The molecule has 2 aliphatic heterocycles. The molecule has 0 bridgehead atoms. The molecule has 1 saturated heterocycles. The summed E-state index contributed by atoms with van der Waals surface area (Å²) in [5.74, 6) is 1.89. The van der Waals surface area contributed by atoms with Gasteiger partial charge in [-0.3, -0.25) is 4.67 Å². The Morgan fingerprint density at radius 3 is 2.28 bits per heavy atom. The second-order valence-corrected chi connectivity index (χ2v) is 6.64. The van der Waals surface area contributed by atoms with Crippen molar-refractivity contribution in [2.75, 3.05) is 13.1 Å². The van der Waals surface area contributed by atoms with Crippen LogP contribution >= 0.6 is 9.39 Å². The van der Waals surface area contributed by atoms with Crippen LogP contribution in [-0.2, 0) is 4.84 Å². The van der Waals surface area contributed by atoms with E-state index in [0.717, 1.165) is 18.3 Å². The van der Waals surface area contributed by atoms with E-state index in [1.807, 2.05) is 0 Å². The zero-order chi connectivity index (χ0) is 11.7. The molecular formula is C13H22N2OPRb. The summed E-state index contributed by atoms with van der Waals surface area (Å²) in [6.07, 6.45) is 11.7. The van der Waals surface area contributed by atoms with E-state index in [0.29, 0.717) is 0 Å². The Labute approximate surface area is 162 Å². The van der Waals surface area contributed by atoms with Gasteiger partial charge in [0.1, 0.15) is 5.60 Å². The summed E-state index contributed by atoms with van der Waals surface area (Å²) in [6.45, 7) is 2.51. The topological polar surface area (TPSA) is 24.8 Å². The van der Waals surface area contributed by atoms with E-state index < -0.39 is 0 Å².